The highest BCUT2D eigenvalue weighted by molar-refractivity contribution is 5.82. The van der Waals surface area contributed by atoms with Crippen molar-refractivity contribution in [1.29, 1.82) is 0 Å². The molecule has 0 aliphatic rings. The Hall–Kier alpha value is -0.860. The number of carbonyl (C=O) groups is 2. The summed E-state index contributed by atoms with van der Waals surface area (Å²) < 4.78 is 42.3. The standard InChI is InChI=1S/C4H6O3/c1-3(5)7-4(2)6/h1-2H3/i1+1D3,2+1D3. The first-order valence-corrected chi connectivity index (χ1v) is 1.32. The van der Waals surface area contributed by atoms with Crippen molar-refractivity contribution in [3.05, 3.63) is 0 Å². The highest BCUT2D eigenvalue weighted by Crippen LogP contribution is 1.73. The van der Waals surface area contributed by atoms with Crippen molar-refractivity contribution < 1.29 is 22.6 Å². The second-order valence-corrected chi connectivity index (χ2v) is 0.677. The van der Waals surface area contributed by atoms with Gasteiger partial charge in [-0.3, -0.25) is 9.59 Å². The van der Waals surface area contributed by atoms with Gasteiger partial charge in [-0.05, 0) is 0 Å². The van der Waals surface area contributed by atoms with E-state index >= 15 is 0 Å². The van der Waals surface area contributed by atoms with Gasteiger partial charge in [0, 0.05) is 21.9 Å². The number of hydrogen-bond acceptors (Lipinski definition) is 3. The lowest BCUT2D eigenvalue weighted by Crippen LogP contribution is -2.03. The zero-order chi connectivity index (χ0) is 10.9. The number of ether oxygens (including phenoxy) is 1. The molecule has 0 aliphatic carbocycles. The summed E-state index contributed by atoms with van der Waals surface area (Å²) in [5, 5.41) is 0. The van der Waals surface area contributed by atoms with Crippen LogP contribution in [0.25, 0.3) is 0 Å². The molecular weight excluding hydrogens is 98.0 g/mol. The van der Waals surface area contributed by atoms with Crippen LogP contribution in [-0.4, -0.2) is 11.9 Å². The van der Waals surface area contributed by atoms with Crippen LogP contribution in [0.1, 0.15) is 21.9 Å². The fraction of sp³-hybridized carbons (Fsp3) is 0.500. The molecule has 0 aromatic carbocycles. The SMILES string of the molecule is [2H][13C]([2H])([2H])C(=O)OC(=O)[13C]([2H])([2H])[2H]. The van der Waals surface area contributed by atoms with E-state index in [9.17, 15) is 9.59 Å². The van der Waals surface area contributed by atoms with Crippen LogP contribution in [0.3, 0.4) is 0 Å². The molecule has 0 atom stereocenters. The molecule has 3 heteroatoms. The average Bonchev–Trinajstić information content (AvgIpc) is 1.82. The Bertz CT molecular complexity index is 201. The molecule has 0 rings (SSSR count). The van der Waals surface area contributed by atoms with Gasteiger partial charge in [-0.25, -0.2) is 0 Å². The van der Waals surface area contributed by atoms with Gasteiger partial charge in [-0.15, -0.1) is 0 Å². The van der Waals surface area contributed by atoms with Gasteiger partial charge >= 0.3 is 11.9 Å². The van der Waals surface area contributed by atoms with Crippen LogP contribution in [0.15, 0.2) is 0 Å². The summed E-state index contributed by atoms with van der Waals surface area (Å²) in [6, 6.07) is 0. The molecule has 0 aromatic heterocycles. The Kier molecular flexibility index (Phi) is 0.436. The van der Waals surface area contributed by atoms with E-state index in [4.69, 9.17) is 8.22 Å². The molecule has 0 saturated carbocycles. The minimum atomic E-state index is -3.12. The number of esters is 2. The Morgan fingerprint density at radius 3 is 2.14 bits per heavy atom. The van der Waals surface area contributed by atoms with Crippen LogP contribution in [0.2, 0.25) is 0 Å². The second-order valence-electron chi connectivity index (χ2n) is 0.677. The second kappa shape index (κ2) is 2.34. The third-order valence-corrected chi connectivity index (χ3v) is 0.185. The maximum absolute atomic E-state index is 10.5. The molecule has 3 nitrogen and oxygen atoms in total. The molecule has 0 unspecified atom stereocenters. The molecule has 0 amide bonds. The van der Waals surface area contributed by atoms with Gasteiger partial charge in [0.15, 0.2) is 0 Å². The highest BCUT2D eigenvalue weighted by Gasteiger charge is 1.93. The lowest BCUT2D eigenvalue weighted by atomic mass is 11.0. The van der Waals surface area contributed by atoms with Crippen LogP contribution in [-0.2, 0) is 14.3 Å². The molecular formula is C4H6O3. The van der Waals surface area contributed by atoms with Crippen molar-refractivity contribution in [2.45, 2.75) is 13.7 Å². The van der Waals surface area contributed by atoms with E-state index in [1.54, 1.807) is 0 Å². The lowest BCUT2D eigenvalue weighted by Gasteiger charge is -1.87. The summed E-state index contributed by atoms with van der Waals surface area (Å²) in [7, 11) is 0. The van der Waals surface area contributed by atoms with Crippen molar-refractivity contribution in [1.82, 2.24) is 0 Å². The predicted octanol–water partition coefficient (Wildman–Crippen LogP) is 0.0960. The Morgan fingerprint density at radius 1 is 1.43 bits per heavy atom. The van der Waals surface area contributed by atoms with Crippen molar-refractivity contribution >= 4 is 11.9 Å². The quantitative estimate of drug-likeness (QED) is 0.252. The van der Waals surface area contributed by atoms with Crippen molar-refractivity contribution in [3.63, 3.8) is 0 Å². The van der Waals surface area contributed by atoms with Gasteiger partial charge in [-0.1, -0.05) is 0 Å². The van der Waals surface area contributed by atoms with Gasteiger partial charge in [-0.2, -0.15) is 0 Å². The summed E-state index contributed by atoms with van der Waals surface area (Å²) in [6.45, 7) is -6.25. The van der Waals surface area contributed by atoms with Crippen molar-refractivity contribution in [3.8, 4) is 0 Å². The van der Waals surface area contributed by atoms with Crippen LogP contribution >= 0.6 is 0 Å². The molecule has 0 aromatic rings. The first kappa shape index (κ1) is 1.31. The van der Waals surface area contributed by atoms with Crippen LogP contribution in [0.4, 0.5) is 0 Å². The van der Waals surface area contributed by atoms with Crippen molar-refractivity contribution in [2.75, 3.05) is 0 Å². The van der Waals surface area contributed by atoms with Gasteiger partial charge in [0.2, 0.25) is 0 Å². The summed E-state index contributed by atoms with van der Waals surface area (Å²) in [4.78, 5) is 20.9. The van der Waals surface area contributed by atoms with Gasteiger partial charge in [0.25, 0.3) is 0 Å². The zero-order valence-corrected chi connectivity index (χ0v) is 3.22. The van der Waals surface area contributed by atoms with Crippen LogP contribution in [0.5, 0.6) is 0 Å². The Labute approximate surface area is 49.7 Å². The van der Waals surface area contributed by atoms with Crippen molar-refractivity contribution in [2.24, 2.45) is 0 Å². The molecule has 0 N–H and O–H groups in total. The minimum absolute atomic E-state index is 1.84. The summed E-state index contributed by atoms with van der Waals surface area (Å²) in [5.74, 6) is -3.68. The molecule has 7 heavy (non-hydrogen) atoms. The molecule has 0 spiro atoms. The first-order valence-electron chi connectivity index (χ1n) is 4.32. The average molecular weight is 110 g/mol. The normalized spacial score (nSPS) is 24.0. The zero-order valence-electron chi connectivity index (χ0n) is 9.22. The molecule has 0 radical (unpaired) electrons. The van der Waals surface area contributed by atoms with Crippen LogP contribution < -0.4 is 0 Å². The monoisotopic (exact) mass is 110 g/mol. The minimum Gasteiger partial charge on any atom is -0.394 e. The smallest absolute Gasteiger partial charge is 0.310 e. The third kappa shape index (κ3) is 5.14. The van der Waals surface area contributed by atoms with E-state index in [-0.39, 0.29) is 0 Å². The molecule has 0 heterocycles. The molecule has 0 saturated heterocycles. The molecule has 0 fully saturated rings. The number of carbonyl (C=O) groups excluding carboxylic acids is 2. The maximum Gasteiger partial charge on any atom is 0.310 e. The molecule has 0 bridgehead atoms. The summed E-state index contributed by atoms with van der Waals surface area (Å²) in [6.07, 6.45) is 0. The fourth-order valence-corrected chi connectivity index (χ4v) is 0.0842. The summed E-state index contributed by atoms with van der Waals surface area (Å²) >= 11 is 0. The maximum atomic E-state index is 10.5. The van der Waals surface area contributed by atoms with Crippen LogP contribution in [0, 0.1) is 0 Å². The van der Waals surface area contributed by atoms with Gasteiger partial charge in [0.1, 0.15) is 0 Å². The highest BCUT2D eigenvalue weighted by atomic mass is 16.6. The molecule has 40 valence electrons. The topological polar surface area (TPSA) is 43.4 Å². The van der Waals surface area contributed by atoms with Gasteiger partial charge < -0.3 is 4.74 Å². The van der Waals surface area contributed by atoms with Gasteiger partial charge in [0.05, 0.1) is 0 Å². The Balaban J connectivity index is 4.34. The third-order valence-electron chi connectivity index (χ3n) is 0.185. The van der Waals surface area contributed by atoms with E-state index in [1.165, 1.54) is 0 Å². The fourth-order valence-electron chi connectivity index (χ4n) is 0.0842. The number of rotatable bonds is 0. The van der Waals surface area contributed by atoms with E-state index in [1.807, 2.05) is 0 Å². The molecule has 0 aliphatic heterocycles. The van der Waals surface area contributed by atoms with E-state index < -0.39 is 25.6 Å². The first-order chi connectivity index (χ1) is 5.55. The lowest BCUT2D eigenvalue weighted by molar-refractivity contribution is -0.156. The van der Waals surface area contributed by atoms with E-state index in [2.05, 4.69) is 4.74 Å². The summed E-state index contributed by atoms with van der Waals surface area (Å²) in [5.41, 5.74) is 0. The Morgan fingerprint density at radius 2 is 1.86 bits per heavy atom. The van der Waals surface area contributed by atoms with E-state index in [0.717, 1.165) is 0 Å². The number of hydrogen-bond donors (Lipinski definition) is 0. The predicted molar refractivity (Wildman–Crippen MR) is 22.4 cm³/mol. The van der Waals surface area contributed by atoms with E-state index in [0.29, 0.717) is 0 Å². The largest absolute Gasteiger partial charge is 0.394 e.